The van der Waals surface area contributed by atoms with Gasteiger partial charge in [-0.05, 0) is 24.3 Å². The number of rotatable bonds is 2. The molecule has 0 aliphatic heterocycles. The van der Waals surface area contributed by atoms with Crippen molar-refractivity contribution < 1.29 is 13.9 Å². The number of carbonyl (C=O) groups is 1. The third-order valence-corrected chi connectivity index (χ3v) is 5.15. The van der Waals surface area contributed by atoms with E-state index in [1.807, 2.05) is 25.2 Å². The van der Waals surface area contributed by atoms with E-state index in [9.17, 15) is 9.59 Å². The number of methoxy groups -OCH3 is 1. The first-order valence-corrected chi connectivity index (χ1v) is 8.64. The second kappa shape index (κ2) is 6.27. The summed E-state index contributed by atoms with van der Waals surface area (Å²) in [7, 11) is 3.40. The normalized spacial score (nSPS) is 12.0. The molecule has 6 nitrogen and oxygen atoms in total. The molecule has 0 aliphatic rings. The molecule has 0 saturated carbocycles. The van der Waals surface area contributed by atoms with Gasteiger partial charge >= 0.3 is 5.91 Å². The van der Waals surface area contributed by atoms with E-state index in [2.05, 4.69) is 4.99 Å². The fourth-order valence-electron chi connectivity index (χ4n) is 2.79. The molecule has 2 heterocycles. The minimum absolute atomic E-state index is 0.0851. The van der Waals surface area contributed by atoms with Crippen LogP contribution in [0.2, 0.25) is 0 Å². The molecule has 0 N–H and O–H groups in total. The van der Waals surface area contributed by atoms with Gasteiger partial charge in [0.25, 0.3) is 0 Å². The highest BCUT2D eigenvalue weighted by molar-refractivity contribution is 7.16. The van der Waals surface area contributed by atoms with E-state index in [0.717, 1.165) is 10.2 Å². The van der Waals surface area contributed by atoms with E-state index < -0.39 is 5.91 Å². The second-order valence-corrected chi connectivity index (χ2v) is 6.65. The summed E-state index contributed by atoms with van der Waals surface area (Å²) >= 11 is 1.36. The predicted molar refractivity (Wildman–Crippen MR) is 99.7 cm³/mol. The zero-order valence-electron chi connectivity index (χ0n) is 14.1. The van der Waals surface area contributed by atoms with Crippen LogP contribution in [0, 0.1) is 0 Å². The fourth-order valence-corrected chi connectivity index (χ4v) is 3.83. The molecule has 1 amide bonds. The smallest absolute Gasteiger partial charge is 0.315 e. The highest BCUT2D eigenvalue weighted by Gasteiger charge is 2.13. The Hall–Kier alpha value is -3.19. The number of fused-ring (bicyclic) bond motifs is 2. The minimum atomic E-state index is -0.603. The number of nitrogens with zero attached hydrogens (tertiary/aromatic N) is 2. The zero-order chi connectivity index (χ0) is 18.3. The molecule has 2 aromatic heterocycles. The summed E-state index contributed by atoms with van der Waals surface area (Å²) in [6.07, 6.45) is 0. The first-order chi connectivity index (χ1) is 12.6. The molecule has 26 heavy (non-hydrogen) atoms. The van der Waals surface area contributed by atoms with Crippen LogP contribution in [0.1, 0.15) is 10.6 Å². The maximum absolute atomic E-state index is 12.6. The van der Waals surface area contributed by atoms with Crippen molar-refractivity contribution in [2.24, 2.45) is 12.0 Å². The lowest BCUT2D eigenvalue weighted by molar-refractivity contribution is 0.0972. The topological polar surface area (TPSA) is 73.8 Å². The van der Waals surface area contributed by atoms with Crippen molar-refractivity contribution in [1.29, 1.82) is 0 Å². The van der Waals surface area contributed by atoms with Gasteiger partial charge in [-0.3, -0.25) is 9.59 Å². The molecule has 0 fully saturated rings. The van der Waals surface area contributed by atoms with E-state index in [1.54, 1.807) is 35.9 Å². The summed E-state index contributed by atoms with van der Waals surface area (Å²) in [5, 5.41) is 0.432. The van der Waals surface area contributed by atoms with Gasteiger partial charge in [-0.2, -0.15) is 4.99 Å². The number of hydrogen-bond acceptors (Lipinski definition) is 5. The Balaban J connectivity index is 1.87. The van der Waals surface area contributed by atoms with Crippen molar-refractivity contribution >= 4 is 38.4 Å². The molecule has 0 saturated heterocycles. The Kier molecular flexibility index (Phi) is 3.93. The van der Waals surface area contributed by atoms with Gasteiger partial charge in [-0.15, -0.1) is 0 Å². The van der Waals surface area contributed by atoms with Crippen molar-refractivity contribution in [3.05, 3.63) is 69.3 Å². The van der Waals surface area contributed by atoms with Crippen LogP contribution in [0.15, 0.2) is 62.7 Å². The maximum atomic E-state index is 12.6. The van der Waals surface area contributed by atoms with Crippen LogP contribution in [-0.2, 0) is 7.05 Å². The molecule has 0 bridgehead atoms. The van der Waals surface area contributed by atoms with Crippen molar-refractivity contribution in [3.8, 4) is 5.75 Å². The average molecular weight is 366 g/mol. The number of hydrogen-bond donors (Lipinski definition) is 0. The van der Waals surface area contributed by atoms with E-state index in [1.165, 1.54) is 17.4 Å². The molecule has 0 unspecified atom stereocenters. The average Bonchev–Trinajstić information content (AvgIpc) is 2.97. The molecule has 0 atom stereocenters. The summed E-state index contributed by atoms with van der Waals surface area (Å²) in [6.45, 7) is 0. The van der Waals surface area contributed by atoms with Crippen LogP contribution in [0.25, 0.3) is 21.2 Å². The van der Waals surface area contributed by atoms with E-state index in [-0.39, 0.29) is 11.2 Å². The van der Waals surface area contributed by atoms with E-state index >= 15 is 0 Å². The number of amides is 1. The van der Waals surface area contributed by atoms with Gasteiger partial charge in [-0.25, -0.2) is 0 Å². The molecule has 0 aliphatic carbocycles. The van der Waals surface area contributed by atoms with Gasteiger partial charge in [0.05, 0.1) is 17.2 Å². The molecule has 0 spiro atoms. The number of thiazole rings is 1. The predicted octanol–water partition coefficient (Wildman–Crippen LogP) is 3.10. The lowest BCUT2D eigenvalue weighted by Crippen LogP contribution is -2.14. The van der Waals surface area contributed by atoms with Gasteiger partial charge in [0.15, 0.2) is 16.0 Å². The Bertz CT molecular complexity index is 1280. The summed E-state index contributed by atoms with van der Waals surface area (Å²) in [6, 6.07) is 13.6. The number of carbonyl (C=O) groups excluding carboxylic acids is 1. The summed E-state index contributed by atoms with van der Waals surface area (Å²) < 4.78 is 13.7. The standard InChI is InChI=1S/C19H14N2O4S/c1-21-17-14(24-2)8-5-9-16(17)26-19(21)20-18(23)15-10-12(22)11-6-3-4-7-13(11)25-15/h3-10H,1-2H3. The molecular formula is C19H14N2O4S. The highest BCUT2D eigenvalue weighted by Crippen LogP contribution is 2.26. The van der Waals surface area contributed by atoms with Crippen LogP contribution in [0.3, 0.4) is 0 Å². The summed E-state index contributed by atoms with van der Waals surface area (Å²) in [5.74, 6) is 0.0134. The molecule has 7 heteroatoms. The Morgan fingerprint density at radius 1 is 1.19 bits per heavy atom. The van der Waals surface area contributed by atoms with Crippen LogP contribution in [0.4, 0.5) is 0 Å². The van der Waals surface area contributed by atoms with Crippen LogP contribution >= 0.6 is 11.3 Å². The second-order valence-electron chi connectivity index (χ2n) is 5.64. The number of benzene rings is 2. The van der Waals surface area contributed by atoms with Crippen molar-refractivity contribution in [3.63, 3.8) is 0 Å². The Morgan fingerprint density at radius 3 is 2.81 bits per heavy atom. The number of ether oxygens (including phenoxy) is 1. The van der Waals surface area contributed by atoms with Crippen LogP contribution < -0.4 is 15.0 Å². The number of para-hydroxylation sites is 2. The van der Waals surface area contributed by atoms with Crippen LogP contribution in [-0.4, -0.2) is 17.6 Å². The quantitative estimate of drug-likeness (QED) is 0.546. The first kappa shape index (κ1) is 16.3. The van der Waals surface area contributed by atoms with Gasteiger partial charge in [0, 0.05) is 13.1 Å². The Labute approximate surface area is 151 Å². The molecular weight excluding hydrogens is 352 g/mol. The lowest BCUT2D eigenvalue weighted by Gasteiger charge is -2.03. The van der Waals surface area contributed by atoms with Gasteiger partial charge in [0.1, 0.15) is 16.8 Å². The van der Waals surface area contributed by atoms with Crippen molar-refractivity contribution in [2.45, 2.75) is 0 Å². The third kappa shape index (κ3) is 2.62. The largest absolute Gasteiger partial charge is 0.495 e. The number of aryl methyl sites for hydroxylation is 1. The van der Waals surface area contributed by atoms with Gasteiger partial charge in [0.2, 0.25) is 0 Å². The first-order valence-electron chi connectivity index (χ1n) is 7.83. The molecule has 0 radical (unpaired) electrons. The highest BCUT2D eigenvalue weighted by atomic mass is 32.1. The summed E-state index contributed by atoms with van der Waals surface area (Å²) in [4.78, 5) is 29.4. The van der Waals surface area contributed by atoms with Crippen molar-refractivity contribution in [2.75, 3.05) is 7.11 Å². The maximum Gasteiger partial charge on any atom is 0.315 e. The fraction of sp³-hybridized carbons (Fsp3) is 0.105. The number of aromatic nitrogens is 1. The minimum Gasteiger partial charge on any atom is -0.495 e. The third-order valence-electron chi connectivity index (χ3n) is 4.05. The monoisotopic (exact) mass is 366 g/mol. The van der Waals surface area contributed by atoms with Gasteiger partial charge < -0.3 is 13.7 Å². The molecule has 2 aromatic carbocycles. The molecule has 4 rings (SSSR count). The van der Waals surface area contributed by atoms with E-state index in [4.69, 9.17) is 9.15 Å². The molecule has 130 valence electrons. The SMILES string of the molecule is COc1cccc2sc(=NC(=O)c3cc(=O)c4ccccc4o3)n(C)c12. The Morgan fingerprint density at radius 2 is 2.00 bits per heavy atom. The molecule has 4 aromatic rings. The van der Waals surface area contributed by atoms with Crippen LogP contribution in [0.5, 0.6) is 5.75 Å². The zero-order valence-corrected chi connectivity index (χ0v) is 14.9. The van der Waals surface area contributed by atoms with Crippen molar-refractivity contribution in [1.82, 2.24) is 4.57 Å². The van der Waals surface area contributed by atoms with E-state index in [0.29, 0.717) is 21.5 Å². The lowest BCUT2D eigenvalue weighted by atomic mass is 10.2. The van der Waals surface area contributed by atoms with Gasteiger partial charge in [-0.1, -0.05) is 29.5 Å². The summed E-state index contributed by atoms with van der Waals surface area (Å²) in [5.41, 5.74) is 0.945.